The lowest BCUT2D eigenvalue weighted by Crippen LogP contribution is -2.53. The van der Waals surface area contributed by atoms with Crippen LogP contribution in [0.25, 0.3) is 10.6 Å². The predicted molar refractivity (Wildman–Crippen MR) is 154 cm³/mol. The van der Waals surface area contributed by atoms with Gasteiger partial charge in [0.25, 0.3) is 0 Å². The third kappa shape index (κ3) is 8.34. The van der Waals surface area contributed by atoms with Crippen molar-refractivity contribution < 1.29 is 32.2 Å². The quantitative estimate of drug-likeness (QED) is 0.254. The van der Waals surface area contributed by atoms with Gasteiger partial charge in [0.05, 0.1) is 18.8 Å². The average Bonchev–Trinajstić information content (AvgIpc) is 3.48. The Kier molecular flexibility index (Phi) is 10.4. The van der Waals surface area contributed by atoms with Crippen LogP contribution in [-0.2, 0) is 21.2 Å². The van der Waals surface area contributed by atoms with Crippen molar-refractivity contribution in [2.24, 2.45) is 5.41 Å². The molecule has 2 atom stereocenters. The molecule has 0 unspecified atom stereocenters. The summed E-state index contributed by atoms with van der Waals surface area (Å²) in [5.41, 5.74) is -2.77. The van der Waals surface area contributed by atoms with Crippen LogP contribution >= 0.6 is 11.3 Å². The van der Waals surface area contributed by atoms with E-state index in [0.717, 1.165) is 49.5 Å². The highest BCUT2D eigenvalue weighted by molar-refractivity contribution is 7.14. The topological polar surface area (TPSA) is 73.8 Å². The third-order valence-electron chi connectivity index (χ3n) is 6.79. The van der Waals surface area contributed by atoms with Gasteiger partial charge in [-0.2, -0.15) is 13.2 Å². The van der Waals surface area contributed by atoms with E-state index in [9.17, 15) is 18.0 Å². The predicted octanol–water partition coefficient (Wildman–Crippen LogP) is 8.82. The SMILES string of the molecule is CCCCCCCCOc1ccc(-c2nnc([C@]3(C)CO[C@H](C(C)(C)C)N3C(=O)OC(C)(C)C)s2)cc1C(F)(F)F. The molecule has 1 aliphatic heterocycles. The normalized spacial score (nSPS) is 20.0. The summed E-state index contributed by atoms with van der Waals surface area (Å²) in [6.07, 6.45) is 0.344. The number of carbonyl (C=O) groups excluding carboxylic acids is 1. The second-order valence-corrected chi connectivity index (χ2v) is 13.9. The first-order valence-electron chi connectivity index (χ1n) is 14.3. The monoisotopic (exact) mass is 599 g/mol. The van der Waals surface area contributed by atoms with E-state index >= 15 is 0 Å². The summed E-state index contributed by atoms with van der Waals surface area (Å²) in [5.74, 6) is -0.195. The van der Waals surface area contributed by atoms with E-state index in [0.29, 0.717) is 16.4 Å². The molecule has 1 aliphatic rings. The number of halogens is 3. The van der Waals surface area contributed by atoms with Gasteiger partial charge in [0.2, 0.25) is 0 Å². The molecule has 1 fully saturated rings. The average molecular weight is 600 g/mol. The lowest BCUT2D eigenvalue weighted by atomic mass is 9.92. The van der Waals surface area contributed by atoms with Gasteiger partial charge in [-0.15, -0.1) is 10.2 Å². The molecule has 2 heterocycles. The van der Waals surface area contributed by atoms with Gasteiger partial charge >= 0.3 is 12.3 Å². The van der Waals surface area contributed by atoms with Crippen molar-refractivity contribution in [2.75, 3.05) is 13.2 Å². The smallest absolute Gasteiger partial charge is 0.419 e. The molecule has 41 heavy (non-hydrogen) atoms. The number of benzene rings is 1. The summed E-state index contributed by atoms with van der Waals surface area (Å²) in [5, 5.41) is 9.30. The molecule has 1 aromatic heterocycles. The van der Waals surface area contributed by atoms with Crippen LogP contribution < -0.4 is 4.74 Å². The molecule has 0 bridgehead atoms. The Bertz CT molecular complexity index is 1170. The van der Waals surface area contributed by atoms with E-state index in [4.69, 9.17) is 14.2 Å². The van der Waals surface area contributed by atoms with Crippen LogP contribution in [0.15, 0.2) is 18.2 Å². The molecule has 0 spiro atoms. The van der Waals surface area contributed by atoms with Crippen LogP contribution in [0.4, 0.5) is 18.0 Å². The number of ether oxygens (including phenoxy) is 3. The van der Waals surface area contributed by atoms with Crippen molar-refractivity contribution >= 4 is 17.4 Å². The lowest BCUT2D eigenvalue weighted by molar-refractivity contribution is -0.138. The maximum atomic E-state index is 14.0. The van der Waals surface area contributed by atoms with E-state index in [2.05, 4.69) is 17.1 Å². The molecule has 0 saturated carbocycles. The van der Waals surface area contributed by atoms with Crippen LogP contribution in [0, 0.1) is 5.41 Å². The summed E-state index contributed by atoms with van der Waals surface area (Å²) in [6.45, 7) is 15.6. The summed E-state index contributed by atoms with van der Waals surface area (Å²) in [7, 11) is 0. The summed E-state index contributed by atoms with van der Waals surface area (Å²) in [4.78, 5) is 14.9. The third-order valence-corrected chi connectivity index (χ3v) is 8.02. The number of rotatable bonds is 10. The number of hydrogen-bond donors (Lipinski definition) is 0. The molecule has 230 valence electrons. The fourth-order valence-electron chi connectivity index (χ4n) is 4.69. The molecular formula is C30H44F3N3O4S. The Morgan fingerprint density at radius 2 is 1.73 bits per heavy atom. The van der Waals surface area contributed by atoms with Gasteiger partial charge in [-0.05, 0) is 52.3 Å². The summed E-state index contributed by atoms with van der Waals surface area (Å²) < 4.78 is 59.4. The molecule has 3 rings (SSSR count). The number of carbonyl (C=O) groups is 1. The highest BCUT2D eigenvalue weighted by Gasteiger charge is 2.55. The maximum Gasteiger partial charge on any atom is 0.419 e. The lowest BCUT2D eigenvalue weighted by Gasteiger charge is -2.40. The van der Waals surface area contributed by atoms with Gasteiger partial charge in [0.1, 0.15) is 33.1 Å². The number of amides is 1. The first-order valence-corrected chi connectivity index (χ1v) is 15.1. The molecule has 7 nitrogen and oxygen atoms in total. The van der Waals surface area contributed by atoms with Crippen molar-refractivity contribution in [3.63, 3.8) is 0 Å². The molecule has 0 N–H and O–H groups in total. The highest BCUT2D eigenvalue weighted by atomic mass is 32.1. The number of hydrogen-bond acceptors (Lipinski definition) is 7. The number of unbranched alkanes of at least 4 members (excludes halogenated alkanes) is 5. The summed E-state index contributed by atoms with van der Waals surface area (Å²) in [6, 6.07) is 3.96. The number of nitrogens with zero attached hydrogens (tertiary/aromatic N) is 3. The van der Waals surface area contributed by atoms with E-state index in [1.165, 1.54) is 6.07 Å². The Morgan fingerprint density at radius 3 is 2.34 bits per heavy atom. The Labute approximate surface area is 245 Å². The second-order valence-electron chi connectivity index (χ2n) is 12.9. The van der Waals surface area contributed by atoms with E-state index < -0.39 is 40.6 Å². The molecule has 0 radical (unpaired) electrons. The Hall–Kier alpha value is -2.40. The molecule has 0 aliphatic carbocycles. The van der Waals surface area contributed by atoms with Gasteiger partial charge in [-0.1, -0.05) is 71.1 Å². The maximum absolute atomic E-state index is 14.0. The minimum absolute atomic E-state index is 0.141. The van der Waals surface area contributed by atoms with Crippen molar-refractivity contribution in [1.82, 2.24) is 15.1 Å². The van der Waals surface area contributed by atoms with Crippen LogP contribution in [0.1, 0.15) is 104 Å². The van der Waals surface area contributed by atoms with E-state index in [-0.39, 0.29) is 24.5 Å². The largest absolute Gasteiger partial charge is 0.493 e. The van der Waals surface area contributed by atoms with Crippen LogP contribution in [0.5, 0.6) is 5.75 Å². The minimum Gasteiger partial charge on any atom is -0.493 e. The molecule has 2 aromatic rings. The van der Waals surface area contributed by atoms with Crippen molar-refractivity contribution in [1.29, 1.82) is 0 Å². The molecule has 1 amide bonds. The fraction of sp³-hybridized carbons (Fsp3) is 0.700. The van der Waals surface area contributed by atoms with Crippen LogP contribution in [0.2, 0.25) is 0 Å². The van der Waals surface area contributed by atoms with E-state index in [1.807, 2.05) is 27.7 Å². The van der Waals surface area contributed by atoms with Gasteiger partial charge in [0, 0.05) is 11.0 Å². The zero-order valence-electron chi connectivity index (χ0n) is 25.5. The van der Waals surface area contributed by atoms with Gasteiger partial charge in [-0.3, -0.25) is 4.90 Å². The van der Waals surface area contributed by atoms with Crippen molar-refractivity contribution in [2.45, 2.75) is 117 Å². The zero-order valence-corrected chi connectivity index (χ0v) is 26.3. The minimum atomic E-state index is -4.60. The van der Waals surface area contributed by atoms with Gasteiger partial charge in [0.15, 0.2) is 0 Å². The van der Waals surface area contributed by atoms with Crippen LogP contribution in [0.3, 0.4) is 0 Å². The highest BCUT2D eigenvalue weighted by Crippen LogP contribution is 2.46. The van der Waals surface area contributed by atoms with E-state index in [1.54, 1.807) is 31.7 Å². The Morgan fingerprint density at radius 1 is 1.07 bits per heavy atom. The molecule has 1 aromatic carbocycles. The molecule has 11 heteroatoms. The van der Waals surface area contributed by atoms with Crippen molar-refractivity contribution in [3.05, 3.63) is 28.8 Å². The van der Waals surface area contributed by atoms with Crippen LogP contribution in [-0.4, -0.2) is 46.2 Å². The Balaban J connectivity index is 1.86. The molecular weight excluding hydrogens is 555 g/mol. The number of alkyl halides is 3. The first-order chi connectivity index (χ1) is 19.0. The second kappa shape index (κ2) is 12.9. The zero-order chi connectivity index (χ0) is 30.6. The van der Waals surface area contributed by atoms with Gasteiger partial charge in [-0.25, -0.2) is 4.79 Å². The molecule has 1 saturated heterocycles. The van der Waals surface area contributed by atoms with Gasteiger partial charge < -0.3 is 14.2 Å². The standard InChI is InChI=1S/C30H44F3N3O4S/c1-9-10-11-12-13-14-17-38-22-16-15-20(18-21(22)30(31,32)33)23-34-35-24(41-23)29(8)19-39-25(27(2,3)4)36(29)26(37)40-28(5,6)7/h15-16,18,25H,9-14,17,19H2,1-8H3/t25-,29+/m1/s1. The number of aromatic nitrogens is 2. The first kappa shape index (κ1) is 33.1. The van der Waals surface area contributed by atoms with Crippen molar-refractivity contribution in [3.8, 4) is 16.3 Å². The fourth-order valence-corrected chi connectivity index (χ4v) is 5.66. The summed E-state index contributed by atoms with van der Waals surface area (Å²) >= 11 is 1.13.